The van der Waals surface area contributed by atoms with E-state index in [0.717, 1.165) is 6.42 Å². The third kappa shape index (κ3) is 1.60. The van der Waals surface area contributed by atoms with Gasteiger partial charge in [0.15, 0.2) is 0 Å². The van der Waals surface area contributed by atoms with Crippen LogP contribution in [0.1, 0.15) is 26.7 Å². The molecule has 0 radical (unpaired) electrons. The van der Waals surface area contributed by atoms with Gasteiger partial charge < -0.3 is 5.11 Å². The highest BCUT2D eigenvalue weighted by Crippen LogP contribution is 2.28. The Labute approximate surface area is 62.8 Å². The summed E-state index contributed by atoms with van der Waals surface area (Å²) in [4.78, 5) is 0. The molecule has 1 aliphatic carbocycles. The predicted octanol–water partition coefficient (Wildman–Crippen LogP) is 1.97. The summed E-state index contributed by atoms with van der Waals surface area (Å²) >= 11 is 0. The second-order valence-corrected chi connectivity index (χ2v) is 3.41. The van der Waals surface area contributed by atoms with E-state index in [9.17, 15) is 0 Å². The van der Waals surface area contributed by atoms with Crippen LogP contribution in [0.5, 0.6) is 0 Å². The lowest BCUT2D eigenvalue weighted by atomic mass is 9.82. The summed E-state index contributed by atoms with van der Waals surface area (Å²) in [6.07, 6.45) is 4.50. The molecule has 0 spiro atoms. The van der Waals surface area contributed by atoms with Gasteiger partial charge in [-0.05, 0) is 31.6 Å². The molecule has 0 bridgehead atoms. The van der Waals surface area contributed by atoms with Gasteiger partial charge in [0.2, 0.25) is 0 Å². The largest absolute Gasteiger partial charge is 0.396 e. The molecule has 0 aromatic carbocycles. The lowest BCUT2D eigenvalue weighted by molar-refractivity contribution is 0.177. The van der Waals surface area contributed by atoms with E-state index >= 15 is 0 Å². The molecule has 0 saturated carbocycles. The third-order valence-electron chi connectivity index (χ3n) is 2.45. The van der Waals surface area contributed by atoms with Crippen LogP contribution in [-0.2, 0) is 0 Å². The molecule has 0 aromatic heterocycles. The fourth-order valence-corrected chi connectivity index (χ4v) is 1.60. The highest BCUT2D eigenvalue weighted by molar-refractivity contribution is 5.04. The van der Waals surface area contributed by atoms with Crippen molar-refractivity contribution >= 4 is 0 Å². The van der Waals surface area contributed by atoms with Crippen molar-refractivity contribution in [2.75, 3.05) is 6.61 Å². The van der Waals surface area contributed by atoms with E-state index < -0.39 is 0 Å². The zero-order valence-electron chi connectivity index (χ0n) is 6.80. The standard InChI is InChI=1S/C9H16O/c1-7-3-4-9(6-10)8(2)5-7/h3,8-10H,4-6H2,1-2H3/t8-,9?/m0/s1. The molecule has 2 atom stereocenters. The molecule has 0 aromatic rings. The van der Waals surface area contributed by atoms with Gasteiger partial charge in [-0.15, -0.1) is 0 Å². The minimum atomic E-state index is 0.352. The van der Waals surface area contributed by atoms with Crippen LogP contribution >= 0.6 is 0 Å². The van der Waals surface area contributed by atoms with Crippen molar-refractivity contribution in [3.8, 4) is 0 Å². The minimum Gasteiger partial charge on any atom is -0.396 e. The Morgan fingerprint density at radius 1 is 1.70 bits per heavy atom. The Hall–Kier alpha value is -0.300. The molecule has 1 unspecified atom stereocenters. The summed E-state index contributed by atoms with van der Waals surface area (Å²) in [6.45, 7) is 4.74. The van der Waals surface area contributed by atoms with Crippen molar-refractivity contribution in [2.24, 2.45) is 11.8 Å². The van der Waals surface area contributed by atoms with Crippen molar-refractivity contribution in [3.05, 3.63) is 11.6 Å². The first-order valence-electron chi connectivity index (χ1n) is 4.00. The number of allylic oxidation sites excluding steroid dienone is 2. The number of aliphatic hydroxyl groups excluding tert-OH is 1. The maximum absolute atomic E-state index is 8.92. The van der Waals surface area contributed by atoms with Crippen LogP contribution in [0.4, 0.5) is 0 Å². The molecule has 0 amide bonds. The van der Waals surface area contributed by atoms with Crippen molar-refractivity contribution in [3.63, 3.8) is 0 Å². The molecule has 1 heteroatoms. The normalized spacial score (nSPS) is 33.7. The lowest BCUT2D eigenvalue weighted by Crippen LogP contribution is -2.18. The first kappa shape index (κ1) is 7.80. The van der Waals surface area contributed by atoms with Crippen LogP contribution in [0.15, 0.2) is 11.6 Å². The van der Waals surface area contributed by atoms with Gasteiger partial charge in [-0.1, -0.05) is 18.6 Å². The molecule has 1 aliphatic rings. The maximum atomic E-state index is 8.92. The van der Waals surface area contributed by atoms with E-state index in [-0.39, 0.29) is 0 Å². The third-order valence-corrected chi connectivity index (χ3v) is 2.45. The van der Waals surface area contributed by atoms with Gasteiger partial charge in [-0.2, -0.15) is 0 Å². The van der Waals surface area contributed by atoms with Crippen molar-refractivity contribution in [1.82, 2.24) is 0 Å². The van der Waals surface area contributed by atoms with Crippen LogP contribution in [-0.4, -0.2) is 11.7 Å². The fraction of sp³-hybridized carbons (Fsp3) is 0.778. The highest BCUT2D eigenvalue weighted by atomic mass is 16.3. The highest BCUT2D eigenvalue weighted by Gasteiger charge is 2.19. The quantitative estimate of drug-likeness (QED) is 0.552. The molecule has 1 nitrogen and oxygen atoms in total. The Morgan fingerprint density at radius 2 is 2.40 bits per heavy atom. The van der Waals surface area contributed by atoms with Crippen LogP contribution in [0, 0.1) is 11.8 Å². The van der Waals surface area contributed by atoms with Crippen LogP contribution in [0.2, 0.25) is 0 Å². The van der Waals surface area contributed by atoms with Gasteiger partial charge in [0.1, 0.15) is 0 Å². The molecular formula is C9H16O. The van der Waals surface area contributed by atoms with Gasteiger partial charge in [-0.25, -0.2) is 0 Å². The topological polar surface area (TPSA) is 20.2 Å². The molecule has 0 aliphatic heterocycles. The van der Waals surface area contributed by atoms with Crippen LogP contribution in [0.3, 0.4) is 0 Å². The molecule has 1 rings (SSSR count). The van der Waals surface area contributed by atoms with Gasteiger partial charge in [0, 0.05) is 6.61 Å². The second kappa shape index (κ2) is 3.20. The van der Waals surface area contributed by atoms with Crippen LogP contribution < -0.4 is 0 Å². The molecule has 58 valence electrons. The van der Waals surface area contributed by atoms with E-state index in [4.69, 9.17) is 5.11 Å². The monoisotopic (exact) mass is 140 g/mol. The molecule has 0 saturated heterocycles. The summed E-state index contributed by atoms with van der Waals surface area (Å²) < 4.78 is 0. The molecular weight excluding hydrogens is 124 g/mol. The smallest absolute Gasteiger partial charge is 0.0464 e. The van der Waals surface area contributed by atoms with Crippen LogP contribution in [0.25, 0.3) is 0 Å². The number of rotatable bonds is 1. The fourth-order valence-electron chi connectivity index (χ4n) is 1.60. The molecule has 1 N–H and O–H groups in total. The van der Waals surface area contributed by atoms with Gasteiger partial charge in [0.05, 0.1) is 0 Å². The van der Waals surface area contributed by atoms with E-state index in [1.54, 1.807) is 0 Å². The van der Waals surface area contributed by atoms with Gasteiger partial charge in [-0.3, -0.25) is 0 Å². The summed E-state index contributed by atoms with van der Waals surface area (Å²) in [7, 11) is 0. The first-order valence-corrected chi connectivity index (χ1v) is 4.00. The van der Waals surface area contributed by atoms with Crippen molar-refractivity contribution in [2.45, 2.75) is 26.7 Å². The average molecular weight is 140 g/mol. The second-order valence-electron chi connectivity index (χ2n) is 3.41. The summed E-state index contributed by atoms with van der Waals surface area (Å²) in [5.41, 5.74) is 1.48. The minimum absolute atomic E-state index is 0.352. The summed E-state index contributed by atoms with van der Waals surface area (Å²) in [6, 6.07) is 0. The number of hydrogen-bond acceptors (Lipinski definition) is 1. The zero-order chi connectivity index (χ0) is 7.56. The Bertz CT molecular complexity index is 138. The maximum Gasteiger partial charge on any atom is 0.0464 e. The first-order chi connectivity index (χ1) is 4.74. The van der Waals surface area contributed by atoms with Gasteiger partial charge in [0.25, 0.3) is 0 Å². The predicted molar refractivity (Wildman–Crippen MR) is 42.7 cm³/mol. The van der Waals surface area contributed by atoms with E-state index in [1.165, 1.54) is 12.0 Å². The number of hydrogen-bond donors (Lipinski definition) is 1. The Kier molecular flexibility index (Phi) is 2.50. The number of aliphatic hydroxyl groups is 1. The van der Waals surface area contributed by atoms with Gasteiger partial charge >= 0.3 is 0 Å². The van der Waals surface area contributed by atoms with E-state index in [2.05, 4.69) is 19.9 Å². The lowest BCUT2D eigenvalue weighted by Gasteiger charge is -2.25. The Balaban J connectivity index is 2.52. The Morgan fingerprint density at radius 3 is 2.90 bits per heavy atom. The molecule has 0 fully saturated rings. The van der Waals surface area contributed by atoms with Crippen molar-refractivity contribution in [1.29, 1.82) is 0 Å². The average Bonchev–Trinajstić information content (AvgIpc) is 1.88. The van der Waals surface area contributed by atoms with E-state index in [0.29, 0.717) is 18.4 Å². The van der Waals surface area contributed by atoms with Crippen molar-refractivity contribution < 1.29 is 5.11 Å². The molecule has 0 heterocycles. The zero-order valence-corrected chi connectivity index (χ0v) is 6.80. The van der Waals surface area contributed by atoms with E-state index in [1.807, 2.05) is 0 Å². The SMILES string of the molecule is CC1=CCC(CO)[C@@H](C)C1. The summed E-state index contributed by atoms with van der Waals surface area (Å²) in [5.74, 6) is 1.19. The summed E-state index contributed by atoms with van der Waals surface area (Å²) in [5, 5.41) is 8.92. The molecule has 10 heavy (non-hydrogen) atoms.